The van der Waals surface area contributed by atoms with E-state index in [2.05, 4.69) is 28.5 Å². The summed E-state index contributed by atoms with van der Waals surface area (Å²) in [6, 6.07) is 10.0. The first-order valence-electron chi connectivity index (χ1n) is 7.39. The lowest BCUT2D eigenvalue weighted by atomic mass is 10.1. The first kappa shape index (κ1) is 15.5. The number of nitrogens with zero attached hydrogens (tertiary/aromatic N) is 1. The molecular formula is C16H23N3O2. The minimum Gasteiger partial charge on any atom is -0.491 e. The van der Waals surface area contributed by atoms with Gasteiger partial charge in [0.05, 0.1) is 12.3 Å². The number of rotatable bonds is 9. The Morgan fingerprint density at radius 2 is 1.95 bits per heavy atom. The number of hydrogen-bond donors (Lipinski definition) is 2. The number of nitrogens with one attached hydrogen (secondary N) is 2. The van der Waals surface area contributed by atoms with Crippen molar-refractivity contribution >= 4 is 0 Å². The van der Waals surface area contributed by atoms with Gasteiger partial charge >= 0.3 is 0 Å². The molecule has 0 radical (unpaired) electrons. The van der Waals surface area contributed by atoms with Crippen molar-refractivity contribution < 1.29 is 9.47 Å². The van der Waals surface area contributed by atoms with Gasteiger partial charge in [0.1, 0.15) is 12.4 Å². The normalized spacial score (nSPS) is 10.8. The summed E-state index contributed by atoms with van der Waals surface area (Å²) in [6.07, 6.45) is 0. The van der Waals surface area contributed by atoms with Gasteiger partial charge in [-0.3, -0.25) is 5.10 Å². The van der Waals surface area contributed by atoms with Crippen LogP contribution in [0.15, 0.2) is 30.3 Å². The molecule has 0 spiro atoms. The van der Waals surface area contributed by atoms with E-state index in [-0.39, 0.29) is 0 Å². The van der Waals surface area contributed by atoms with E-state index >= 15 is 0 Å². The van der Waals surface area contributed by atoms with Crippen molar-refractivity contribution in [2.45, 2.75) is 20.4 Å². The number of hydrogen-bond acceptors (Lipinski definition) is 4. The summed E-state index contributed by atoms with van der Waals surface area (Å²) in [5.74, 6) is 0.849. The molecule has 2 aromatic rings. The molecule has 1 heterocycles. The van der Waals surface area contributed by atoms with Crippen molar-refractivity contribution in [3.63, 3.8) is 0 Å². The molecule has 114 valence electrons. The van der Waals surface area contributed by atoms with Crippen LogP contribution in [0.2, 0.25) is 0 Å². The van der Waals surface area contributed by atoms with Crippen LogP contribution >= 0.6 is 0 Å². The van der Waals surface area contributed by atoms with Crippen LogP contribution in [-0.4, -0.2) is 36.6 Å². The Kier molecular flexibility index (Phi) is 6.24. The largest absolute Gasteiger partial charge is 0.491 e. The highest BCUT2D eigenvalue weighted by Gasteiger charge is 2.04. The lowest BCUT2D eigenvalue weighted by Crippen LogP contribution is -2.11. The quantitative estimate of drug-likeness (QED) is 0.697. The Morgan fingerprint density at radius 1 is 1.14 bits per heavy atom. The number of aromatic amines is 1. The molecule has 0 fully saturated rings. The van der Waals surface area contributed by atoms with Crippen molar-refractivity contribution in [1.29, 1.82) is 0 Å². The van der Waals surface area contributed by atoms with Gasteiger partial charge in [0.25, 0.3) is 0 Å². The molecule has 21 heavy (non-hydrogen) atoms. The second-order valence-corrected chi connectivity index (χ2v) is 4.63. The fraction of sp³-hybridized carbons (Fsp3) is 0.438. The molecule has 0 atom stereocenters. The van der Waals surface area contributed by atoms with E-state index in [1.165, 1.54) is 0 Å². The molecule has 0 amide bonds. The van der Waals surface area contributed by atoms with Gasteiger partial charge in [-0.1, -0.05) is 6.92 Å². The van der Waals surface area contributed by atoms with Crippen LogP contribution in [0, 0.1) is 0 Å². The van der Waals surface area contributed by atoms with Gasteiger partial charge in [0.2, 0.25) is 0 Å². The fourth-order valence-electron chi connectivity index (χ4n) is 1.94. The molecule has 0 bridgehead atoms. The van der Waals surface area contributed by atoms with E-state index in [0.717, 1.165) is 42.4 Å². The standard InChI is InChI=1S/C16H23N3O2/c1-3-17-12-14-11-16(19-18-14)13-5-7-15(8-6-13)21-10-9-20-4-2/h5-8,11,17H,3-4,9-10,12H2,1-2H3,(H,18,19). The molecule has 0 saturated carbocycles. The van der Waals surface area contributed by atoms with E-state index in [1.807, 2.05) is 31.2 Å². The van der Waals surface area contributed by atoms with E-state index in [1.54, 1.807) is 0 Å². The monoisotopic (exact) mass is 289 g/mol. The minimum absolute atomic E-state index is 0.572. The smallest absolute Gasteiger partial charge is 0.119 e. The first-order valence-corrected chi connectivity index (χ1v) is 7.39. The number of benzene rings is 1. The van der Waals surface area contributed by atoms with E-state index < -0.39 is 0 Å². The summed E-state index contributed by atoms with van der Waals surface area (Å²) >= 11 is 0. The lowest BCUT2D eigenvalue weighted by molar-refractivity contribution is 0.110. The predicted octanol–water partition coefficient (Wildman–Crippen LogP) is 2.60. The van der Waals surface area contributed by atoms with Crippen LogP contribution in [0.4, 0.5) is 0 Å². The highest BCUT2D eigenvalue weighted by Crippen LogP contribution is 2.21. The third kappa shape index (κ3) is 4.88. The number of aromatic nitrogens is 2. The van der Waals surface area contributed by atoms with E-state index in [0.29, 0.717) is 13.2 Å². The third-order valence-electron chi connectivity index (χ3n) is 3.05. The zero-order valence-corrected chi connectivity index (χ0v) is 12.7. The molecule has 5 nitrogen and oxygen atoms in total. The average molecular weight is 289 g/mol. The fourth-order valence-corrected chi connectivity index (χ4v) is 1.94. The summed E-state index contributed by atoms with van der Waals surface area (Å²) in [6.45, 7) is 7.72. The maximum absolute atomic E-state index is 5.59. The van der Waals surface area contributed by atoms with Crippen LogP contribution in [-0.2, 0) is 11.3 Å². The summed E-state index contributed by atoms with van der Waals surface area (Å²) in [4.78, 5) is 0. The molecule has 0 aliphatic heterocycles. The predicted molar refractivity (Wildman–Crippen MR) is 83.4 cm³/mol. The van der Waals surface area contributed by atoms with Gasteiger partial charge in [-0.15, -0.1) is 0 Å². The Balaban J connectivity index is 1.90. The SMILES string of the molecule is CCNCc1cc(-c2ccc(OCCOCC)cc2)n[nH]1. The minimum atomic E-state index is 0.572. The van der Waals surface area contributed by atoms with Crippen molar-refractivity contribution in [1.82, 2.24) is 15.5 Å². The van der Waals surface area contributed by atoms with Crippen molar-refractivity contribution in [2.75, 3.05) is 26.4 Å². The third-order valence-corrected chi connectivity index (χ3v) is 3.05. The van der Waals surface area contributed by atoms with Gasteiger partial charge in [0.15, 0.2) is 0 Å². The summed E-state index contributed by atoms with van der Waals surface area (Å²) in [5.41, 5.74) is 3.11. The lowest BCUT2D eigenvalue weighted by Gasteiger charge is -2.06. The van der Waals surface area contributed by atoms with Crippen molar-refractivity contribution in [3.8, 4) is 17.0 Å². The van der Waals surface area contributed by atoms with Gasteiger partial charge in [0, 0.05) is 24.4 Å². The molecule has 0 aliphatic rings. The van der Waals surface area contributed by atoms with Gasteiger partial charge in [-0.05, 0) is 43.8 Å². The molecular weight excluding hydrogens is 266 g/mol. The van der Waals surface area contributed by atoms with Gasteiger partial charge in [-0.25, -0.2) is 0 Å². The Labute approximate surface area is 125 Å². The number of H-pyrrole nitrogens is 1. The second-order valence-electron chi connectivity index (χ2n) is 4.63. The first-order chi connectivity index (χ1) is 10.3. The second kappa shape index (κ2) is 8.44. The molecule has 0 unspecified atom stereocenters. The van der Waals surface area contributed by atoms with Crippen LogP contribution in [0.1, 0.15) is 19.5 Å². The van der Waals surface area contributed by atoms with Crippen molar-refractivity contribution in [3.05, 3.63) is 36.0 Å². The van der Waals surface area contributed by atoms with Crippen LogP contribution in [0.3, 0.4) is 0 Å². The molecule has 0 aliphatic carbocycles. The highest BCUT2D eigenvalue weighted by molar-refractivity contribution is 5.60. The molecule has 5 heteroatoms. The Bertz CT molecular complexity index is 523. The van der Waals surface area contributed by atoms with Gasteiger partial charge in [-0.2, -0.15) is 5.10 Å². The van der Waals surface area contributed by atoms with Gasteiger partial charge < -0.3 is 14.8 Å². The molecule has 1 aromatic carbocycles. The highest BCUT2D eigenvalue weighted by atomic mass is 16.5. The maximum atomic E-state index is 5.59. The Morgan fingerprint density at radius 3 is 2.67 bits per heavy atom. The summed E-state index contributed by atoms with van der Waals surface area (Å²) in [7, 11) is 0. The summed E-state index contributed by atoms with van der Waals surface area (Å²) in [5, 5.41) is 10.6. The molecule has 0 saturated heterocycles. The van der Waals surface area contributed by atoms with Crippen LogP contribution < -0.4 is 10.1 Å². The van der Waals surface area contributed by atoms with Crippen molar-refractivity contribution in [2.24, 2.45) is 0 Å². The van der Waals surface area contributed by atoms with E-state index in [4.69, 9.17) is 9.47 Å². The topological polar surface area (TPSA) is 59.2 Å². The van der Waals surface area contributed by atoms with Crippen LogP contribution in [0.5, 0.6) is 5.75 Å². The maximum Gasteiger partial charge on any atom is 0.119 e. The molecule has 2 rings (SSSR count). The zero-order valence-electron chi connectivity index (χ0n) is 12.7. The Hall–Kier alpha value is -1.85. The van der Waals surface area contributed by atoms with Crippen LogP contribution in [0.25, 0.3) is 11.3 Å². The average Bonchev–Trinajstić information content (AvgIpc) is 2.99. The summed E-state index contributed by atoms with van der Waals surface area (Å²) < 4.78 is 10.8. The number of ether oxygens (including phenoxy) is 2. The van der Waals surface area contributed by atoms with E-state index in [9.17, 15) is 0 Å². The molecule has 2 N–H and O–H groups in total. The molecule has 1 aromatic heterocycles. The zero-order chi connectivity index (χ0) is 14.9.